The Balaban J connectivity index is 2.07. The number of hydrogen-bond donors (Lipinski definition) is 1. The van der Waals surface area contributed by atoms with Gasteiger partial charge in [-0.2, -0.15) is 0 Å². The van der Waals surface area contributed by atoms with Gasteiger partial charge in [-0.3, -0.25) is 4.79 Å². The van der Waals surface area contributed by atoms with Gasteiger partial charge < -0.3 is 14.6 Å². The average Bonchev–Trinajstić information content (AvgIpc) is 2.64. The summed E-state index contributed by atoms with van der Waals surface area (Å²) >= 11 is 0. The molecule has 0 unspecified atom stereocenters. The van der Waals surface area contributed by atoms with E-state index < -0.39 is 0 Å². The highest BCUT2D eigenvalue weighted by Crippen LogP contribution is 2.23. The van der Waals surface area contributed by atoms with Crippen LogP contribution in [0.2, 0.25) is 0 Å². The summed E-state index contributed by atoms with van der Waals surface area (Å²) in [7, 11) is 1.35. The van der Waals surface area contributed by atoms with Crippen molar-refractivity contribution in [3.05, 3.63) is 64.7 Å². The molecule has 0 aromatic heterocycles. The highest BCUT2D eigenvalue weighted by Gasteiger charge is 2.11. The SMILES string of the molecule is CCc1cc(CC(=O)OC)c(C#CCOCc2ccccc2)cc1O. The molecule has 2 aromatic carbocycles. The normalized spacial score (nSPS) is 10.0. The fourth-order valence-corrected chi connectivity index (χ4v) is 2.38. The molecule has 0 aliphatic carbocycles. The molecule has 2 rings (SSSR count). The molecule has 0 saturated heterocycles. The minimum atomic E-state index is -0.337. The Morgan fingerprint density at radius 3 is 2.60 bits per heavy atom. The van der Waals surface area contributed by atoms with Crippen molar-refractivity contribution in [1.82, 2.24) is 0 Å². The zero-order valence-corrected chi connectivity index (χ0v) is 14.5. The molecule has 25 heavy (non-hydrogen) atoms. The maximum Gasteiger partial charge on any atom is 0.310 e. The molecule has 0 amide bonds. The fourth-order valence-electron chi connectivity index (χ4n) is 2.38. The summed E-state index contributed by atoms with van der Waals surface area (Å²) in [6.45, 7) is 2.70. The maximum absolute atomic E-state index is 11.6. The smallest absolute Gasteiger partial charge is 0.310 e. The van der Waals surface area contributed by atoms with Crippen molar-refractivity contribution in [1.29, 1.82) is 0 Å². The summed E-state index contributed by atoms with van der Waals surface area (Å²) in [5.41, 5.74) is 3.23. The lowest BCUT2D eigenvalue weighted by Crippen LogP contribution is -2.06. The number of ether oxygens (including phenoxy) is 2. The van der Waals surface area contributed by atoms with Crippen LogP contribution in [-0.4, -0.2) is 24.8 Å². The monoisotopic (exact) mass is 338 g/mol. The second-order valence-electron chi connectivity index (χ2n) is 5.52. The first-order valence-electron chi connectivity index (χ1n) is 8.16. The average molecular weight is 338 g/mol. The minimum absolute atomic E-state index is 0.124. The van der Waals surface area contributed by atoms with Gasteiger partial charge in [0.15, 0.2) is 0 Å². The first-order valence-corrected chi connectivity index (χ1v) is 8.16. The van der Waals surface area contributed by atoms with E-state index in [0.29, 0.717) is 18.6 Å². The summed E-state index contributed by atoms with van der Waals surface area (Å²) in [4.78, 5) is 11.6. The molecule has 0 aliphatic rings. The molecule has 4 nitrogen and oxygen atoms in total. The van der Waals surface area contributed by atoms with Crippen LogP contribution in [-0.2, 0) is 33.7 Å². The van der Waals surface area contributed by atoms with Gasteiger partial charge in [0.05, 0.1) is 20.1 Å². The number of esters is 1. The van der Waals surface area contributed by atoms with Crippen molar-refractivity contribution in [2.45, 2.75) is 26.4 Å². The molecule has 0 heterocycles. The van der Waals surface area contributed by atoms with E-state index in [1.165, 1.54) is 7.11 Å². The summed E-state index contributed by atoms with van der Waals surface area (Å²) in [6.07, 6.45) is 0.798. The maximum atomic E-state index is 11.6. The van der Waals surface area contributed by atoms with E-state index in [1.54, 1.807) is 12.1 Å². The molecule has 4 heteroatoms. The van der Waals surface area contributed by atoms with Crippen molar-refractivity contribution >= 4 is 5.97 Å². The van der Waals surface area contributed by atoms with E-state index in [0.717, 1.165) is 16.7 Å². The lowest BCUT2D eigenvalue weighted by molar-refractivity contribution is -0.139. The number of carbonyl (C=O) groups is 1. The van der Waals surface area contributed by atoms with Gasteiger partial charge in [-0.1, -0.05) is 55.2 Å². The Morgan fingerprint density at radius 2 is 1.92 bits per heavy atom. The van der Waals surface area contributed by atoms with Crippen LogP contribution in [0.25, 0.3) is 0 Å². The van der Waals surface area contributed by atoms with Crippen LogP contribution in [0.3, 0.4) is 0 Å². The van der Waals surface area contributed by atoms with Crippen LogP contribution < -0.4 is 0 Å². The highest BCUT2D eigenvalue weighted by molar-refractivity contribution is 5.74. The molecule has 0 spiro atoms. The van der Waals surface area contributed by atoms with Crippen LogP contribution in [0.1, 0.15) is 29.2 Å². The van der Waals surface area contributed by atoms with Crippen molar-refractivity contribution in [3.63, 3.8) is 0 Å². The van der Waals surface area contributed by atoms with E-state index in [1.807, 2.05) is 37.3 Å². The van der Waals surface area contributed by atoms with Gasteiger partial charge >= 0.3 is 5.97 Å². The third-order valence-electron chi connectivity index (χ3n) is 3.76. The van der Waals surface area contributed by atoms with Gasteiger partial charge in [-0.15, -0.1) is 0 Å². The molecule has 0 radical (unpaired) electrons. The van der Waals surface area contributed by atoms with Gasteiger partial charge in [0.2, 0.25) is 0 Å². The molecule has 0 fully saturated rings. The number of hydrogen-bond acceptors (Lipinski definition) is 4. The van der Waals surface area contributed by atoms with E-state index >= 15 is 0 Å². The summed E-state index contributed by atoms with van der Waals surface area (Å²) in [5, 5.41) is 10.0. The molecular weight excluding hydrogens is 316 g/mol. The van der Waals surface area contributed by atoms with Gasteiger partial charge in [0.25, 0.3) is 0 Å². The topological polar surface area (TPSA) is 55.8 Å². The molecule has 0 atom stereocenters. The number of aromatic hydroxyl groups is 1. The Morgan fingerprint density at radius 1 is 1.16 bits per heavy atom. The van der Waals surface area contributed by atoms with Crippen molar-refractivity contribution in [2.75, 3.05) is 13.7 Å². The Bertz CT molecular complexity index is 770. The second-order valence-corrected chi connectivity index (χ2v) is 5.52. The quantitative estimate of drug-likeness (QED) is 0.499. The summed E-state index contributed by atoms with van der Waals surface area (Å²) in [6, 6.07) is 13.3. The molecule has 1 N–H and O–H groups in total. The number of benzene rings is 2. The second kappa shape index (κ2) is 9.51. The molecule has 0 aliphatic heterocycles. The molecule has 0 bridgehead atoms. The molecular formula is C21H22O4. The van der Waals surface area contributed by atoms with E-state index in [9.17, 15) is 9.90 Å². The Hall–Kier alpha value is -2.77. The molecule has 2 aromatic rings. The van der Waals surface area contributed by atoms with E-state index in [-0.39, 0.29) is 24.7 Å². The predicted molar refractivity (Wildman–Crippen MR) is 96.2 cm³/mol. The fraction of sp³-hybridized carbons (Fsp3) is 0.286. The lowest BCUT2D eigenvalue weighted by Gasteiger charge is -2.08. The third-order valence-corrected chi connectivity index (χ3v) is 3.76. The Labute approximate surface area is 148 Å². The van der Waals surface area contributed by atoms with Crippen LogP contribution in [0.4, 0.5) is 0 Å². The van der Waals surface area contributed by atoms with Gasteiger partial charge in [-0.25, -0.2) is 0 Å². The largest absolute Gasteiger partial charge is 0.508 e. The molecule has 0 saturated carbocycles. The first-order chi connectivity index (χ1) is 12.1. The van der Waals surface area contributed by atoms with Crippen LogP contribution in [0.5, 0.6) is 5.75 Å². The predicted octanol–water partition coefficient (Wildman–Crippen LogP) is 3.24. The Kier molecular flexibility index (Phi) is 7.06. The number of phenolic OH excluding ortho intramolecular Hbond substituents is 1. The van der Waals surface area contributed by atoms with E-state index in [2.05, 4.69) is 11.8 Å². The van der Waals surface area contributed by atoms with Gasteiger partial charge in [0, 0.05) is 5.56 Å². The first kappa shape index (κ1) is 18.6. The highest BCUT2D eigenvalue weighted by atomic mass is 16.5. The van der Waals surface area contributed by atoms with Crippen LogP contribution in [0, 0.1) is 11.8 Å². The van der Waals surface area contributed by atoms with Crippen molar-refractivity contribution in [2.24, 2.45) is 0 Å². The number of rotatable bonds is 6. The van der Waals surface area contributed by atoms with Crippen LogP contribution >= 0.6 is 0 Å². The standard InChI is InChI=1S/C21H22O4/c1-3-17-12-19(14-21(23)24-2)18(13-20(17)22)10-7-11-25-15-16-8-5-4-6-9-16/h4-6,8-9,12-13,22H,3,11,14-15H2,1-2H3. The lowest BCUT2D eigenvalue weighted by atomic mass is 9.99. The van der Waals surface area contributed by atoms with Gasteiger partial charge in [0.1, 0.15) is 12.4 Å². The van der Waals surface area contributed by atoms with Crippen LogP contribution in [0.15, 0.2) is 42.5 Å². The number of methoxy groups -OCH3 is 1. The van der Waals surface area contributed by atoms with Crippen molar-refractivity contribution < 1.29 is 19.4 Å². The zero-order chi connectivity index (χ0) is 18.1. The summed E-state index contributed by atoms with van der Waals surface area (Å²) in [5.74, 6) is 5.76. The number of carbonyl (C=O) groups excluding carboxylic acids is 1. The zero-order valence-electron chi connectivity index (χ0n) is 14.5. The number of phenols is 1. The van der Waals surface area contributed by atoms with E-state index in [4.69, 9.17) is 9.47 Å². The third kappa shape index (κ3) is 5.66. The summed E-state index contributed by atoms with van der Waals surface area (Å²) < 4.78 is 10.3. The van der Waals surface area contributed by atoms with Gasteiger partial charge in [-0.05, 0) is 29.2 Å². The van der Waals surface area contributed by atoms with Crippen molar-refractivity contribution in [3.8, 4) is 17.6 Å². The molecule has 130 valence electrons. The minimum Gasteiger partial charge on any atom is -0.508 e. The number of aryl methyl sites for hydroxylation is 1.